The van der Waals surface area contributed by atoms with Gasteiger partial charge in [-0.05, 0) is 43.4 Å². The third-order valence-corrected chi connectivity index (χ3v) is 5.70. The molecule has 5 rings (SSSR count). The standard InChI is InChI=1S/C21H19FN2O2/c22-17-4-2-1-3-16(17)6-7-18(25)21-11-20(12-21,13-21)14-26-19-8-5-15(9-23)10-24-19/h1-5,8,10H,6-7,11-14H2. The lowest BCUT2D eigenvalue weighted by Gasteiger charge is -2.69. The van der Waals surface area contributed by atoms with Crippen molar-refractivity contribution < 1.29 is 13.9 Å². The SMILES string of the molecule is N#Cc1ccc(OCC23CC(C(=O)CCc4ccccc4F)(C2)C3)nc1. The monoisotopic (exact) mass is 350 g/mol. The van der Waals surface area contributed by atoms with Crippen LogP contribution in [0.25, 0.3) is 0 Å². The minimum atomic E-state index is -0.238. The summed E-state index contributed by atoms with van der Waals surface area (Å²) in [6.07, 6.45) is 4.91. The van der Waals surface area contributed by atoms with Gasteiger partial charge in [-0.25, -0.2) is 9.37 Å². The molecule has 0 atom stereocenters. The Morgan fingerprint density at radius 1 is 1.23 bits per heavy atom. The number of aromatic nitrogens is 1. The van der Waals surface area contributed by atoms with E-state index in [4.69, 9.17) is 10.00 Å². The Bertz CT molecular complexity index is 866. The fourth-order valence-corrected chi connectivity index (χ4v) is 4.42. The van der Waals surface area contributed by atoms with Crippen LogP contribution in [0, 0.1) is 28.0 Å². The highest BCUT2D eigenvalue weighted by Gasteiger charge is 2.70. The first-order valence-corrected chi connectivity index (χ1v) is 8.80. The first-order chi connectivity index (χ1) is 12.5. The number of aryl methyl sites for hydroxylation is 1. The maximum Gasteiger partial charge on any atom is 0.213 e. The molecule has 0 spiro atoms. The molecule has 1 aromatic heterocycles. The molecule has 132 valence electrons. The van der Waals surface area contributed by atoms with Crippen LogP contribution in [0.3, 0.4) is 0 Å². The van der Waals surface area contributed by atoms with E-state index < -0.39 is 0 Å². The molecular weight excluding hydrogens is 331 g/mol. The zero-order valence-corrected chi connectivity index (χ0v) is 14.4. The zero-order chi connectivity index (χ0) is 18.2. The van der Waals surface area contributed by atoms with Crippen LogP contribution < -0.4 is 4.74 Å². The molecule has 3 fully saturated rings. The number of nitriles is 1. The topological polar surface area (TPSA) is 63.0 Å². The predicted molar refractivity (Wildman–Crippen MR) is 92.9 cm³/mol. The van der Waals surface area contributed by atoms with Crippen molar-refractivity contribution >= 4 is 5.78 Å². The van der Waals surface area contributed by atoms with Crippen LogP contribution in [0.1, 0.15) is 36.8 Å². The van der Waals surface area contributed by atoms with E-state index in [2.05, 4.69) is 4.98 Å². The average Bonchev–Trinajstić information content (AvgIpc) is 2.59. The van der Waals surface area contributed by atoms with E-state index in [0.29, 0.717) is 36.5 Å². The van der Waals surface area contributed by atoms with Crippen molar-refractivity contribution in [3.8, 4) is 11.9 Å². The van der Waals surface area contributed by atoms with Crippen molar-refractivity contribution in [3.63, 3.8) is 0 Å². The van der Waals surface area contributed by atoms with Gasteiger partial charge in [0.2, 0.25) is 5.88 Å². The number of nitrogens with zero attached hydrogens (tertiary/aromatic N) is 2. The van der Waals surface area contributed by atoms with Gasteiger partial charge in [0.15, 0.2) is 0 Å². The van der Waals surface area contributed by atoms with E-state index in [9.17, 15) is 9.18 Å². The number of Topliss-reactive ketones (excluding diaryl/α,β-unsaturated/α-hetero) is 1. The highest BCUT2D eigenvalue weighted by atomic mass is 19.1. The number of pyridine rings is 1. The molecule has 0 aliphatic heterocycles. The molecule has 1 aromatic carbocycles. The van der Waals surface area contributed by atoms with E-state index in [-0.39, 0.29) is 22.4 Å². The summed E-state index contributed by atoms with van der Waals surface area (Å²) in [6, 6.07) is 12.0. The Balaban J connectivity index is 1.26. The van der Waals surface area contributed by atoms with Crippen molar-refractivity contribution in [3.05, 3.63) is 59.5 Å². The number of halogens is 1. The highest BCUT2D eigenvalue weighted by molar-refractivity contribution is 5.88. The predicted octanol–water partition coefficient (Wildman–Crippen LogP) is 3.84. The maximum atomic E-state index is 13.7. The Hall–Kier alpha value is -2.74. The molecule has 3 aliphatic carbocycles. The second-order valence-corrected chi connectivity index (χ2v) is 7.61. The van der Waals surface area contributed by atoms with Crippen LogP contribution in [-0.4, -0.2) is 17.4 Å². The van der Waals surface area contributed by atoms with Gasteiger partial charge in [-0.3, -0.25) is 4.79 Å². The Morgan fingerprint density at radius 2 is 2.00 bits per heavy atom. The van der Waals surface area contributed by atoms with Gasteiger partial charge < -0.3 is 4.74 Å². The summed E-state index contributed by atoms with van der Waals surface area (Å²) in [4.78, 5) is 16.7. The van der Waals surface area contributed by atoms with Gasteiger partial charge in [0, 0.05) is 29.5 Å². The van der Waals surface area contributed by atoms with Crippen LogP contribution in [0.5, 0.6) is 5.88 Å². The third-order valence-electron chi connectivity index (χ3n) is 5.70. The average molecular weight is 350 g/mol. The van der Waals surface area contributed by atoms with Gasteiger partial charge in [0.05, 0.1) is 12.2 Å². The first kappa shape index (κ1) is 16.7. The van der Waals surface area contributed by atoms with Gasteiger partial charge in [-0.15, -0.1) is 0 Å². The quantitative estimate of drug-likeness (QED) is 0.761. The summed E-state index contributed by atoms with van der Waals surface area (Å²) in [5.41, 5.74) is 0.996. The zero-order valence-electron chi connectivity index (χ0n) is 14.4. The second kappa shape index (κ2) is 6.21. The molecule has 0 amide bonds. The number of carbonyl (C=O) groups is 1. The minimum Gasteiger partial charge on any atom is -0.477 e. The van der Waals surface area contributed by atoms with Crippen LogP contribution in [0.2, 0.25) is 0 Å². The summed E-state index contributed by atoms with van der Waals surface area (Å²) in [7, 11) is 0. The number of hydrogen-bond donors (Lipinski definition) is 0. The molecule has 4 nitrogen and oxygen atoms in total. The number of benzene rings is 1. The summed E-state index contributed by atoms with van der Waals surface area (Å²) in [5.74, 6) is 0.519. The van der Waals surface area contributed by atoms with Crippen molar-refractivity contribution in [2.45, 2.75) is 32.1 Å². The lowest BCUT2D eigenvalue weighted by atomic mass is 9.34. The van der Waals surface area contributed by atoms with Gasteiger partial charge in [0.25, 0.3) is 0 Å². The van der Waals surface area contributed by atoms with Crippen molar-refractivity contribution in [2.75, 3.05) is 6.61 Å². The molecule has 0 radical (unpaired) electrons. The van der Waals surface area contributed by atoms with Crippen molar-refractivity contribution in [1.29, 1.82) is 5.26 Å². The van der Waals surface area contributed by atoms with Gasteiger partial charge in [-0.1, -0.05) is 18.2 Å². The summed E-state index contributed by atoms with van der Waals surface area (Å²) in [6.45, 7) is 0.550. The molecular formula is C21H19FN2O2. The molecule has 2 bridgehead atoms. The van der Waals surface area contributed by atoms with Crippen LogP contribution >= 0.6 is 0 Å². The Kier molecular flexibility index (Phi) is 3.99. The van der Waals surface area contributed by atoms with Gasteiger partial charge in [0.1, 0.15) is 17.7 Å². The fourth-order valence-electron chi connectivity index (χ4n) is 4.42. The van der Waals surface area contributed by atoms with Crippen LogP contribution in [0.4, 0.5) is 4.39 Å². The Morgan fingerprint density at radius 3 is 2.65 bits per heavy atom. The molecule has 2 aromatic rings. The minimum absolute atomic E-state index is 0.0865. The summed E-state index contributed by atoms with van der Waals surface area (Å²) in [5, 5.41) is 8.77. The lowest BCUT2D eigenvalue weighted by molar-refractivity contribution is -0.215. The molecule has 0 unspecified atom stereocenters. The first-order valence-electron chi connectivity index (χ1n) is 8.80. The van der Waals surface area contributed by atoms with Crippen LogP contribution in [0.15, 0.2) is 42.6 Å². The van der Waals surface area contributed by atoms with Gasteiger partial charge >= 0.3 is 0 Å². The normalized spacial score (nSPS) is 25.5. The van der Waals surface area contributed by atoms with Crippen molar-refractivity contribution in [2.24, 2.45) is 10.8 Å². The third kappa shape index (κ3) is 2.86. The molecule has 26 heavy (non-hydrogen) atoms. The number of ketones is 1. The largest absolute Gasteiger partial charge is 0.477 e. The van der Waals surface area contributed by atoms with E-state index in [0.717, 1.165) is 19.3 Å². The second-order valence-electron chi connectivity index (χ2n) is 7.61. The lowest BCUT2D eigenvalue weighted by Crippen LogP contribution is -2.67. The fraction of sp³-hybridized carbons (Fsp3) is 0.381. The van der Waals surface area contributed by atoms with E-state index >= 15 is 0 Å². The highest BCUT2D eigenvalue weighted by Crippen LogP contribution is 2.73. The number of carbonyl (C=O) groups excluding carboxylic acids is 1. The maximum absolute atomic E-state index is 13.7. The molecule has 1 heterocycles. The molecule has 3 saturated carbocycles. The molecule has 0 N–H and O–H groups in total. The number of ether oxygens (including phenoxy) is 1. The summed E-state index contributed by atoms with van der Waals surface area (Å²) >= 11 is 0. The molecule has 3 aliphatic rings. The van der Waals surface area contributed by atoms with Crippen molar-refractivity contribution in [1.82, 2.24) is 4.98 Å². The van der Waals surface area contributed by atoms with Gasteiger partial charge in [-0.2, -0.15) is 5.26 Å². The van der Waals surface area contributed by atoms with E-state index in [1.165, 1.54) is 12.3 Å². The number of rotatable bonds is 7. The Labute approximate surface area is 151 Å². The molecule has 0 saturated heterocycles. The van der Waals surface area contributed by atoms with Crippen LogP contribution in [-0.2, 0) is 11.2 Å². The smallest absolute Gasteiger partial charge is 0.213 e. The summed E-state index contributed by atoms with van der Waals surface area (Å²) < 4.78 is 19.4. The van der Waals surface area contributed by atoms with E-state index in [1.807, 2.05) is 6.07 Å². The number of hydrogen-bond acceptors (Lipinski definition) is 4. The molecule has 5 heteroatoms. The van der Waals surface area contributed by atoms with E-state index in [1.54, 1.807) is 30.3 Å².